The summed E-state index contributed by atoms with van der Waals surface area (Å²) in [5, 5.41) is 8.56. The first-order chi connectivity index (χ1) is 4.83. The van der Waals surface area contributed by atoms with Gasteiger partial charge < -0.3 is 5.11 Å². The largest absolute Gasteiger partial charge is 0.480 e. The zero-order valence-corrected chi connectivity index (χ0v) is 7.45. The number of carboxylic acid groups (broad SMARTS) is 1. The molecule has 0 atom stereocenters. The minimum Gasteiger partial charge on any atom is -0.480 e. The summed E-state index contributed by atoms with van der Waals surface area (Å²) in [6.07, 6.45) is 0. The van der Waals surface area contributed by atoms with Gasteiger partial charge in [-0.2, -0.15) is 0 Å². The maximum absolute atomic E-state index is 10.6. The second-order valence-electron chi connectivity index (χ2n) is 1.61. The summed E-state index contributed by atoms with van der Waals surface area (Å²) in [6, 6.07) is 0. The Morgan fingerprint density at radius 1 is 1.45 bits per heavy atom. The normalized spacial score (nSPS) is 10.7. The molecule has 11 heavy (non-hydrogen) atoms. The maximum Gasteiger partial charge on any atom is 0.319 e. The van der Waals surface area contributed by atoms with Crippen molar-refractivity contribution in [2.24, 2.45) is 0 Å². The van der Waals surface area contributed by atoms with Gasteiger partial charge in [-0.3, -0.25) is 4.79 Å². The molecule has 0 saturated heterocycles. The van der Waals surface area contributed by atoms with E-state index in [1.807, 2.05) is 0 Å². The highest BCUT2D eigenvalue weighted by Gasteiger charge is 2.12. The Labute approximate surface area is 73.3 Å². The van der Waals surface area contributed by atoms with Gasteiger partial charge in [0, 0.05) is 0 Å². The summed E-state index contributed by atoms with van der Waals surface area (Å²) < 4.78 is 20.8. The van der Waals surface area contributed by atoms with E-state index >= 15 is 0 Å². The van der Waals surface area contributed by atoms with E-state index in [1.54, 1.807) is 0 Å². The number of carbonyl (C=O) groups is 1. The fraction of sp³-hybridized carbons (Fsp3) is 0.250. The maximum atomic E-state index is 10.6. The number of aliphatic carboxylic acids is 1. The second-order valence-corrected chi connectivity index (χ2v) is 4.47. The molecule has 0 rings (SSSR count). The van der Waals surface area contributed by atoms with Crippen LogP contribution in [0.5, 0.6) is 0 Å². The van der Waals surface area contributed by atoms with Gasteiger partial charge in [-0.05, 0) is 0 Å². The van der Waals surface area contributed by atoms with Gasteiger partial charge >= 0.3 is 5.97 Å². The van der Waals surface area contributed by atoms with Gasteiger partial charge in [0.25, 0.3) is 0 Å². The lowest BCUT2D eigenvalue weighted by molar-refractivity contribution is -0.134. The SMILES string of the molecule is O=C(O)CS(=O)(=O)C=C(Cl)Cl. The van der Waals surface area contributed by atoms with Crippen molar-refractivity contribution in [2.45, 2.75) is 0 Å². The monoisotopic (exact) mass is 218 g/mol. The molecule has 0 aromatic carbocycles. The molecule has 1 N–H and O–H groups in total. The number of hydrogen-bond acceptors (Lipinski definition) is 3. The van der Waals surface area contributed by atoms with Crippen molar-refractivity contribution >= 4 is 39.0 Å². The first-order valence-electron chi connectivity index (χ1n) is 2.31. The Bertz CT molecular complexity index is 274. The Balaban J connectivity index is 4.51. The van der Waals surface area contributed by atoms with Crippen molar-refractivity contribution in [3.8, 4) is 0 Å². The van der Waals surface area contributed by atoms with Gasteiger partial charge in [0.2, 0.25) is 0 Å². The van der Waals surface area contributed by atoms with E-state index in [1.165, 1.54) is 0 Å². The molecule has 0 bridgehead atoms. The highest BCUT2D eigenvalue weighted by atomic mass is 35.5. The second kappa shape index (κ2) is 3.94. The lowest BCUT2D eigenvalue weighted by Gasteiger charge is -1.91. The summed E-state index contributed by atoms with van der Waals surface area (Å²) in [5.74, 6) is -2.45. The van der Waals surface area contributed by atoms with Crippen molar-refractivity contribution < 1.29 is 18.3 Å². The van der Waals surface area contributed by atoms with Crippen molar-refractivity contribution in [1.29, 1.82) is 0 Å². The summed E-state index contributed by atoms with van der Waals surface area (Å²) in [4.78, 5) is 9.90. The molecule has 0 unspecified atom stereocenters. The molecule has 7 heteroatoms. The average Bonchev–Trinajstić information content (AvgIpc) is 1.53. The van der Waals surface area contributed by atoms with Crippen LogP contribution in [0.25, 0.3) is 0 Å². The molecule has 4 nitrogen and oxygen atoms in total. The third-order valence-corrected chi connectivity index (χ3v) is 2.31. The van der Waals surface area contributed by atoms with Crippen LogP contribution in [0.15, 0.2) is 9.90 Å². The minimum absolute atomic E-state index is 0.480. The molecule has 0 amide bonds. The summed E-state index contributed by atoms with van der Waals surface area (Å²) in [7, 11) is -3.81. The Morgan fingerprint density at radius 3 is 2.18 bits per heavy atom. The predicted molar refractivity (Wildman–Crippen MR) is 41.2 cm³/mol. The van der Waals surface area contributed by atoms with Crippen LogP contribution in [0.3, 0.4) is 0 Å². The number of carboxylic acids is 1. The third-order valence-electron chi connectivity index (χ3n) is 0.593. The van der Waals surface area contributed by atoms with Gasteiger partial charge in [-0.15, -0.1) is 0 Å². The van der Waals surface area contributed by atoms with Crippen LogP contribution in [0.2, 0.25) is 0 Å². The first kappa shape index (κ1) is 10.7. The van der Waals surface area contributed by atoms with Crippen LogP contribution in [-0.4, -0.2) is 25.2 Å². The van der Waals surface area contributed by atoms with E-state index in [-0.39, 0.29) is 0 Å². The van der Waals surface area contributed by atoms with Crippen LogP contribution in [0.4, 0.5) is 0 Å². The van der Waals surface area contributed by atoms with Crippen LogP contribution >= 0.6 is 23.2 Å². The van der Waals surface area contributed by atoms with Gasteiger partial charge in [0.1, 0.15) is 4.49 Å². The van der Waals surface area contributed by atoms with Crippen LogP contribution in [-0.2, 0) is 14.6 Å². The molecular weight excluding hydrogens is 215 g/mol. The molecule has 0 aliphatic rings. The Hall–Kier alpha value is -0.260. The molecule has 0 radical (unpaired) electrons. The van der Waals surface area contributed by atoms with Gasteiger partial charge in [-0.25, -0.2) is 8.42 Å². The zero-order chi connectivity index (χ0) is 9.07. The topological polar surface area (TPSA) is 71.4 Å². The van der Waals surface area contributed by atoms with E-state index < -0.39 is 26.1 Å². The Morgan fingerprint density at radius 2 is 1.91 bits per heavy atom. The molecule has 0 aromatic heterocycles. The molecule has 64 valence electrons. The number of sulfone groups is 1. The molecule has 0 spiro atoms. The van der Waals surface area contributed by atoms with Crippen molar-refractivity contribution in [3.63, 3.8) is 0 Å². The van der Waals surface area contributed by atoms with Crippen LogP contribution in [0.1, 0.15) is 0 Å². The van der Waals surface area contributed by atoms with Crippen molar-refractivity contribution in [2.75, 3.05) is 5.75 Å². The van der Waals surface area contributed by atoms with Crippen LogP contribution in [0, 0.1) is 0 Å². The molecule has 0 aliphatic heterocycles. The van der Waals surface area contributed by atoms with Crippen LogP contribution < -0.4 is 0 Å². The summed E-state index contributed by atoms with van der Waals surface area (Å²) in [5.41, 5.74) is 0. The van der Waals surface area contributed by atoms with Gasteiger partial charge in [0.05, 0.1) is 5.41 Å². The fourth-order valence-electron chi connectivity index (χ4n) is 0.350. The molecule has 0 aromatic rings. The smallest absolute Gasteiger partial charge is 0.319 e. The molecule has 0 heterocycles. The van der Waals surface area contributed by atoms with Gasteiger partial charge in [0.15, 0.2) is 15.6 Å². The standard InChI is InChI=1S/C4H4Cl2O4S/c5-3(6)1-11(9,10)2-4(7)8/h1H,2H2,(H,7,8). The number of rotatable bonds is 3. The highest BCUT2D eigenvalue weighted by Crippen LogP contribution is 2.09. The Kier molecular flexibility index (Phi) is 3.85. The van der Waals surface area contributed by atoms with Crippen molar-refractivity contribution in [1.82, 2.24) is 0 Å². The zero-order valence-electron chi connectivity index (χ0n) is 5.12. The number of hydrogen-bond donors (Lipinski definition) is 1. The summed E-state index contributed by atoms with van der Waals surface area (Å²) in [6.45, 7) is 0. The quantitative estimate of drug-likeness (QED) is 0.760. The van der Waals surface area contributed by atoms with E-state index in [9.17, 15) is 13.2 Å². The first-order valence-corrected chi connectivity index (χ1v) is 4.78. The summed E-state index contributed by atoms with van der Waals surface area (Å²) >= 11 is 10.0. The fourth-order valence-corrected chi connectivity index (χ4v) is 1.86. The molecule has 0 saturated carbocycles. The van der Waals surface area contributed by atoms with E-state index in [0.717, 1.165) is 0 Å². The number of halogens is 2. The van der Waals surface area contributed by atoms with E-state index in [4.69, 9.17) is 28.3 Å². The molecular formula is C4H4Cl2O4S. The predicted octanol–water partition coefficient (Wildman–Crippen LogP) is 0.762. The average molecular weight is 219 g/mol. The van der Waals surface area contributed by atoms with E-state index in [0.29, 0.717) is 5.41 Å². The van der Waals surface area contributed by atoms with Crippen molar-refractivity contribution in [3.05, 3.63) is 9.90 Å². The third kappa shape index (κ3) is 6.15. The lowest BCUT2D eigenvalue weighted by Crippen LogP contribution is -2.12. The minimum atomic E-state index is -3.81. The highest BCUT2D eigenvalue weighted by molar-refractivity contribution is 7.95. The molecule has 0 aliphatic carbocycles. The lowest BCUT2D eigenvalue weighted by atomic mass is 10.8. The molecule has 0 fully saturated rings. The van der Waals surface area contributed by atoms with Gasteiger partial charge in [-0.1, -0.05) is 23.2 Å². The van der Waals surface area contributed by atoms with E-state index in [2.05, 4.69) is 0 Å².